The summed E-state index contributed by atoms with van der Waals surface area (Å²) in [6.45, 7) is 4.28. The first-order valence-electron chi connectivity index (χ1n) is 17.8. The van der Waals surface area contributed by atoms with Crippen molar-refractivity contribution in [3.63, 3.8) is 0 Å². The van der Waals surface area contributed by atoms with Gasteiger partial charge in [0.15, 0.2) is 0 Å². The van der Waals surface area contributed by atoms with Gasteiger partial charge < -0.3 is 0 Å². The van der Waals surface area contributed by atoms with Crippen LogP contribution in [0.4, 0.5) is 0 Å². The van der Waals surface area contributed by atoms with Crippen molar-refractivity contribution in [3.05, 3.63) is 239 Å². The van der Waals surface area contributed by atoms with Crippen LogP contribution in [0.3, 0.4) is 0 Å². The molecule has 0 radical (unpaired) electrons. The van der Waals surface area contributed by atoms with E-state index in [1.807, 2.05) is 0 Å². The second kappa shape index (κ2) is 16.8. The van der Waals surface area contributed by atoms with Gasteiger partial charge in [-0.2, -0.15) is 11.6 Å². The predicted molar refractivity (Wildman–Crippen MR) is 220 cm³/mol. The maximum absolute atomic E-state index is 3.61. The van der Waals surface area contributed by atoms with Gasteiger partial charge in [0.25, 0.3) is 0 Å². The second-order valence-electron chi connectivity index (χ2n) is 13.1. The molecule has 8 aromatic rings. The van der Waals surface area contributed by atoms with Crippen molar-refractivity contribution in [1.82, 2.24) is 0 Å². The van der Waals surface area contributed by atoms with Gasteiger partial charge in [-0.3, -0.25) is 0 Å². The molecular weight excluding hydrogens is 704 g/mol. The number of fused-ring (bicyclic) bond motifs is 3. The number of benzene rings is 7. The van der Waals surface area contributed by atoms with Gasteiger partial charge in [-0.25, -0.2) is 0 Å². The fraction of sp³-hybridized carbons (Fsp3) is 0.0588. The Labute approximate surface area is 323 Å². The first-order valence-corrected chi connectivity index (χ1v) is 19.0. The Balaban J connectivity index is 0.000000127. The summed E-state index contributed by atoms with van der Waals surface area (Å²) < 4.78 is 1.42. The normalized spacial score (nSPS) is 12.1. The molecule has 0 atom stereocenters. The van der Waals surface area contributed by atoms with E-state index in [0.717, 1.165) is 6.42 Å². The molecule has 0 saturated carbocycles. The number of allylic oxidation sites excluding steroid dienone is 4. The van der Waals surface area contributed by atoms with Crippen molar-refractivity contribution in [1.29, 1.82) is 0 Å². The average Bonchev–Trinajstić information content (AvgIpc) is 3.81. The molecule has 0 N–H and O–H groups in total. The fourth-order valence-electron chi connectivity index (χ4n) is 6.80. The molecule has 8 aromatic carbocycles. The van der Waals surface area contributed by atoms with E-state index in [2.05, 4.69) is 214 Å². The third kappa shape index (κ3) is 8.23. The van der Waals surface area contributed by atoms with E-state index in [9.17, 15) is 0 Å². The zero-order valence-corrected chi connectivity index (χ0v) is 32.1. The second-order valence-corrected chi connectivity index (χ2v) is 14.3. The third-order valence-corrected chi connectivity index (χ3v) is 10.8. The van der Waals surface area contributed by atoms with Gasteiger partial charge in [0.2, 0.25) is 0 Å². The predicted octanol–water partition coefficient (Wildman–Crippen LogP) is 13.0. The van der Waals surface area contributed by atoms with Crippen molar-refractivity contribution in [2.24, 2.45) is 0 Å². The van der Waals surface area contributed by atoms with Gasteiger partial charge in [-0.1, -0.05) is 132 Å². The van der Waals surface area contributed by atoms with Gasteiger partial charge in [0, 0.05) is 0 Å². The Morgan fingerprint density at radius 3 is 1.35 bits per heavy atom. The molecule has 1 aliphatic rings. The molecule has 0 unspecified atom stereocenters. The third-order valence-electron chi connectivity index (χ3n) is 9.38. The molecule has 248 valence electrons. The van der Waals surface area contributed by atoms with Crippen molar-refractivity contribution in [3.8, 4) is 0 Å². The van der Waals surface area contributed by atoms with E-state index in [-0.39, 0.29) is 0 Å². The van der Waals surface area contributed by atoms with Crippen LogP contribution in [0.15, 0.2) is 194 Å². The molecule has 1 aliphatic carbocycles. The van der Waals surface area contributed by atoms with E-state index in [1.165, 1.54) is 105 Å². The Bertz CT molecular complexity index is 2370. The molecule has 0 amide bonds. The molecule has 0 aliphatic heterocycles. The van der Waals surface area contributed by atoms with Gasteiger partial charge >= 0.3 is 99.2 Å². The summed E-state index contributed by atoms with van der Waals surface area (Å²) in [5.41, 5.74) is 13.0. The molecular formula is C51H40Zr. The molecule has 0 aromatic heterocycles. The summed E-state index contributed by atoms with van der Waals surface area (Å²) in [6.07, 6.45) is 4.47. The van der Waals surface area contributed by atoms with E-state index >= 15 is 0 Å². The van der Waals surface area contributed by atoms with Gasteiger partial charge in [-0.15, -0.1) is 63.0 Å². The van der Waals surface area contributed by atoms with Crippen molar-refractivity contribution in [2.75, 3.05) is 0 Å². The Hall–Kier alpha value is -5.36. The first kappa shape index (κ1) is 35.1. The van der Waals surface area contributed by atoms with E-state index in [4.69, 9.17) is 0 Å². The van der Waals surface area contributed by atoms with Crippen LogP contribution in [0.5, 0.6) is 0 Å². The van der Waals surface area contributed by atoms with E-state index in [1.54, 1.807) is 0 Å². The van der Waals surface area contributed by atoms with E-state index in [0.29, 0.717) is 0 Å². The SMILES string of the molecule is Cc1ccc2c(c1)[cH-]c1cc(C)ccc12.[C-]1=C(c2ccccc2)C(c2ccccc2)=C(c2ccccc2)C1.[Zr+2]=[C](c1ccccc1)c1ccccc1. The topological polar surface area (TPSA) is 0 Å². The molecule has 0 spiro atoms. The van der Waals surface area contributed by atoms with Gasteiger partial charge in [0.05, 0.1) is 0 Å². The van der Waals surface area contributed by atoms with Crippen molar-refractivity contribution in [2.45, 2.75) is 20.3 Å². The van der Waals surface area contributed by atoms with Crippen LogP contribution in [-0.4, -0.2) is 3.21 Å². The summed E-state index contributed by atoms with van der Waals surface area (Å²) >= 11 is 1.46. The maximum atomic E-state index is 3.61. The monoisotopic (exact) mass is 742 g/mol. The standard InChI is InChI=1S/C23H17.C15H13.C13H10.Zr/c1-4-10-18(11-5-1)21-16-17-22(19-12-6-2-7-13-19)23(21)20-14-8-3-9-15-20;1-10-3-5-14-12(7-10)9-13-8-11(2)4-6-15(13)14;1-3-7-12(8-4-1)11-13-9-5-2-6-10-13;/h1-15H,16H2;3-9H,1-2H3;1-10H;/q2*-1;;+2. The number of hydrogen-bond donors (Lipinski definition) is 0. The summed E-state index contributed by atoms with van der Waals surface area (Å²) in [7, 11) is 0. The minimum absolute atomic E-state index is 0.860. The van der Waals surface area contributed by atoms with Gasteiger partial charge in [0.1, 0.15) is 0 Å². The fourth-order valence-corrected chi connectivity index (χ4v) is 7.62. The molecule has 0 nitrogen and oxygen atoms in total. The van der Waals surface area contributed by atoms with Crippen molar-refractivity contribution >= 4 is 41.5 Å². The average molecular weight is 744 g/mol. The molecule has 0 fully saturated rings. The van der Waals surface area contributed by atoms with Crippen LogP contribution < -0.4 is 0 Å². The van der Waals surface area contributed by atoms with Crippen LogP contribution in [0.25, 0.3) is 38.3 Å². The zero-order valence-electron chi connectivity index (χ0n) is 29.7. The summed E-state index contributed by atoms with van der Waals surface area (Å²) in [4.78, 5) is 0. The summed E-state index contributed by atoms with van der Waals surface area (Å²) in [5, 5.41) is 5.46. The van der Waals surface area contributed by atoms with Gasteiger partial charge in [-0.05, 0) is 19.4 Å². The van der Waals surface area contributed by atoms with Crippen LogP contribution in [0.2, 0.25) is 0 Å². The zero-order chi connectivity index (χ0) is 35.7. The van der Waals surface area contributed by atoms with Crippen LogP contribution in [0.1, 0.15) is 45.4 Å². The molecule has 0 bridgehead atoms. The minimum atomic E-state index is 0.860. The van der Waals surface area contributed by atoms with Crippen LogP contribution >= 0.6 is 0 Å². The first-order chi connectivity index (χ1) is 25.5. The molecule has 52 heavy (non-hydrogen) atoms. The quantitative estimate of drug-likeness (QED) is 0.154. The Morgan fingerprint density at radius 1 is 0.481 bits per heavy atom. The summed E-state index contributed by atoms with van der Waals surface area (Å²) in [6, 6.07) is 68.6. The Kier molecular flexibility index (Phi) is 11.3. The molecule has 9 rings (SSSR count). The van der Waals surface area contributed by atoms with E-state index < -0.39 is 0 Å². The van der Waals surface area contributed by atoms with Crippen LogP contribution in [-0.2, 0) is 24.2 Å². The Morgan fingerprint density at radius 2 is 0.885 bits per heavy atom. The number of rotatable bonds is 5. The summed E-state index contributed by atoms with van der Waals surface area (Å²) in [5.74, 6) is 0. The number of hydrogen-bond acceptors (Lipinski definition) is 0. The molecule has 0 heterocycles. The van der Waals surface area contributed by atoms with Crippen LogP contribution in [0, 0.1) is 19.9 Å². The molecule has 1 heteroatoms. The number of aryl methyl sites for hydroxylation is 2. The molecule has 0 saturated heterocycles. The van der Waals surface area contributed by atoms with Crippen molar-refractivity contribution < 1.29 is 24.2 Å².